The largest absolute Gasteiger partial charge is 0.476 e. The molecule has 2 bridgehead atoms. The average Bonchev–Trinajstić information content (AvgIpc) is 3.10. The van der Waals surface area contributed by atoms with Crippen molar-refractivity contribution in [3.8, 4) is 5.75 Å². The molecule has 3 N–H and O–H groups in total. The minimum absolute atomic E-state index is 0.0237. The van der Waals surface area contributed by atoms with Gasteiger partial charge in [-0.05, 0) is 83.7 Å². The van der Waals surface area contributed by atoms with E-state index in [0.29, 0.717) is 21.4 Å². The van der Waals surface area contributed by atoms with Crippen LogP contribution >= 0.6 is 23.2 Å². The number of rotatable bonds is 8. The first-order valence-corrected chi connectivity index (χ1v) is 13.3. The Morgan fingerprint density at radius 1 is 1.11 bits per heavy atom. The van der Waals surface area contributed by atoms with Crippen LogP contribution in [0.2, 0.25) is 10.0 Å². The molecule has 200 valence electrons. The Balaban J connectivity index is 1.37. The summed E-state index contributed by atoms with van der Waals surface area (Å²) < 4.78 is 5.95. The fourth-order valence-electron chi connectivity index (χ4n) is 5.00. The van der Waals surface area contributed by atoms with Gasteiger partial charge in [-0.25, -0.2) is 4.98 Å². The van der Waals surface area contributed by atoms with Crippen LogP contribution in [0, 0.1) is 0 Å². The number of carbonyl (C=O) groups is 2. The van der Waals surface area contributed by atoms with Gasteiger partial charge in [0.2, 0.25) is 0 Å². The number of ether oxygens (including phenoxy) is 1. The normalized spacial score (nSPS) is 21.5. The van der Waals surface area contributed by atoms with Gasteiger partial charge >= 0.3 is 0 Å². The summed E-state index contributed by atoms with van der Waals surface area (Å²) in [6, 6.07) is 9.08. The van der Waals surface area contributed by atoms with Crippen molar-refractivity contribution in [2.45, 2.75) is 82.6 Å². The minimum Gasteiger partial charge on any atom is -0.476 e. The maximum atomic E-state index is 13.1. The van der Waals surface area contributed by atoms with Gasteiger partial charge in [0.05, 0.1) is 22.7 Å². The second kappa shape index (κ2) is 10.7. The van der Waals surface area contributed by atoms with Crippen LogP contribution in [0.1, 0.15) is 63.7 Å². The summed E-state index contributed by atoms with van der Waals surface area (Å²) in [6.07, 6.45) is 5.22. The molecular formula is C27H34Cl2N4O4. The number of benzene rings is 1. The first-order chi connectivity index (χ1) is 17.4. The van der Waals surface area contributed by atoms with Gasteiger partial charge in [0, 0.05) is 29.3 Å². The highest BCUT2D eigenvalue weighted by Gasteiger charge is 2.43. The number of nitrogens with zero attached hydrogens (tertiary/aromatic N) is 2. The molecule has 1 aromatic carbocycles. The number of piperidine rings is 1. The van der Waals surface area contributed by atoms with E-state index in [1.807, 2.05) is 6.07 Å². The number of carbonyl (C=O) groups excluding carboxylic acids is 2. The summed E-state index contributed by atoms with van der Waals surface area (Å²) in [5, 5.41) is 16.2. The highest BCUT2D eigenvalue weighted by molar-refractivity contribution is 6.35. The summed E-state index contributed by atoms with van der Waals surface area (Å²) in [4.78, 5) is 32.5. The van der Waals surface area contributed by atoms with Crippen molar-refractivity contribution in [3.05, 3.63) is 52.1 Å². The second-order valence-corrected chi connectivity index (χ2v) is 11.9. The second-order valence-electron chi connectivity index (χ2n) is 11.0. The number of aliphatic hydroxyl groups excluding tert-OH is 1. The van der Waals surface area contributed by atoms with Crippen LogP contribution in [0.25, 0.3) is 0 Å². The SMILES string of the molecule is CC(C)(CO)NC(=O)c1ccc(N2[C@@H]3CC[C@H]2CC(NC(=O)C(C)(C)Oc2ccc(Cl)cc2Cl)C3)nc1. The van der Waals surface area contributed by atoms with Crippen LogP contribution < -0.4 is 20.3 Å². The predicted octanol–water partition coefficient (Wildman–Crippen LogP) is 4.36. The monoisotopic (exact) mass is 548 g/mol. The highest BCUT2D eigenvalue weighted by Crippen LogP contribution is 2.39. The Morgan fingerprint density at radius 3 is 2.35 bits per heavy atom. The van der Waals surface area contributed by atoms with E-state index >= 15 is 0 Å². The van der Waals surface area contributed by atoms with E-state index in [9.17, 15) is 14.7 Å². The molecule has 2 saturated heterocycles. The van der Waals surface area contributed by atoms with E-state index in [1.165, 1.54) is 0 Å². The molecule has 4 rings (SSSR count). The van der Waals surface area contributed by atoms with Gasteiger partial charge in [0.25, 0.3) is 11.8 Å². The summed E-state index contributed by atoms with van der Waals surface area (Å²) in [5.74, 6) is 0.767. The number of amides is 2. The molecule has 10 heteroatoms. The molecule has 0 saturated carbocycles. The van der Waals surface area contributed by atoms with E-state index in [2.05, 4.69) is 20.5 Å². The molecule has 3 heterocycles. The zero-order chi connectivity index (χ0) is 27.0. The summed E-state index contributed by atoms with van der Waals surface area (Å²) in [7, 11) is 0. The van der Waals surface area contributed by atoms with Crippen molar-refractivity contribution in [1.29, 1.82) is 0 Å². The molecule has 0 radical (unpaired) electrons. The lowest BCUT2D eigenvalue weighted by Gasteiger charge is -2.41. The Labute approximate surface area is 227 Å². The van der Waals surface area contributed by atoms with Crippen molar-refractivity contribution < 1.29 is 19.4 Å². The standard InChI is InChI=1S/C27H34Cl2N4O4/c1-26(2,15-34)32-24(35)16-5-10-23(30-14-16)33-19-7-8-20(33)13-18(12-19)31-25(36)27(3,4)37-22-9-6-17(28)11-21(22)29/h5-6,9-11,14,18-20,34H,7-8,12-13,15H2,1-4H3,(H,31,36)(H,32,35)/t18?,19-,20+. The van der Waals surface area contributed by atoms with Gasteiger partial charge in [0.15, 0.2) is 5.60 Å². The van der Waals surface area contributed by atoms with Crippen LogP contribution in [-0.4, -0.2) is 57.8 Å². The third kappa shape index (κ3) is 6.30. The Kier molecular flexibility index (Phi) is 7.93. The van der Waals surface area contributed by atoms with Crippen molar-refractivity contribution in [2.75, 3.05) is 11.5 Å². The third-order valence-electron chi connectivity index (χ3n) is 7.00. The van der Waals surface area contributed by atoms with Crippen LogP contribution in [0.15, 0.2) is 36.5 Å². The van der Waals surface area contributed by atoms with Gasteiger partial charge < -0.3 is 25.4 Å². The van der Waals surface area contributed by atoms with E-state index < -0.39 is 11.1 Å². The number of aliphatic hydroxyl groups is 1. The molecule has 1 unspecified atom stereocenters. The number of hydrogen-bond donors (Lipinski definition) is 3. The van der Waals surface area contributed by atoms with Crippen molar-refractivity contribution in [3.63, 3.8) is 0 Å². The number of nitrogens with one attached hydrogen (secondary N) is 2. The molecule has 2 aromatic rings. The number of hydrogen-bond acceptors (Lipinski definition) is 6. The molecule has 2 aliphatic rings. The lowest BCUT2D eigenvalue weighted by Crippen LogP contribution is -2.55. The zero-order valence-corrected chi connectivity index (χ0v) is 23.1. The van der Waals surface area contributed by atoms with E-state index in [1.54, 1.807) is 58.2 Å². The molecule has 2 aliphatic heterocycles. The van der Waals surface area contributed by atoms with Crippen molar-refractivity contribution >= 4 is 40.8 Å². The van der Waals surface area contributed by atoms with Gasteiger partial charge in [-0.1, -0.05) is 23.2 Å². The van der Waals surface area contributed by atoms with Crippen LogP contribution in [0.4, 0.5) is 5.82 Å². The lowest BCUT2D eigenvalue weighted by atomic mass is 9.96. The molecule has 0 spiro atoms. The Morgan fingerprint density at radius 2 is 1.78 bits per heavy atom. The van der Waals surface area contributed by atoms with Crippen molar-refractivity contribution in [1.82, 2.24) is 15.6 Å². The van der Waals surface area contributed by atoms with E-state index in [4.69, 9.17) is 27.9 Å². The summed E-state index contributed by atoms with van der Waals surface area (Å²) in [6.45, 7) is 6.80. The van der Waals surface area contributed by atoms with E-state index in [0.717, 1.165) is 31.5 Å². The number of aromatic nitrogens is 1. The summed E-state index contributed by atoms with van der Waals surface area (Å²) in [5.41, 5.74) is -1.37. The van der Waals surface area contributed by atoms with Crippen LogP contribution in [-0.2, 0) is 4.79 Å². The fraction of sp³-hybridized carbons (Fsp3) is 0.519. The average molecular weight is 549 g/mol. The quantitative estimate of drug-likeness (QED) is 0.452. The van der Waals surface area contributed by atoms with Gasteiger partial charge in [-0.3, -0.25) is 9.59 Å². The lowest BCUT2D eigenvalue weighted by molar-refractivity contribution is -0.135. The van der Waals surface area contributed by atoms with Crippen LogP contribution in [0.5, 0.6) is 5.75 Å². The topological polar surface area (TPSA) is 104 Å². The molecule has 0 aliphatic carbocycles. The molecular weight excluding hydrogens is 515 g/mol. The molecule has 3 atom stereocenters. The number of fused-ring (bicyclic) bond motifs is 2. The smallest absolute Gasteiger partial charge is 0.263 e. The predicted molar refractivity (Wildman–Crippen MR) is 144 cm³/mol. The van der Waals surface area contributed by atoms with Gasteiger partial charge in [-0.2, -0.15) is 0 Å². The third-order valence-corrected chi connectivity index (χ3v) is 7.53. The number of halogens is 2. The first kappa shape index (κ1) is 27.5. The molecule has 2 fully saturated rings. The van der Waals surface area contributed by atoms with Gasteiger partial charge in [0.1, 0.15) is 11.6 Å². The number of anilines is 1. The van der Waals surface area contributed by atoms with Crippen LogP contribution in [0.3, 0.4) is 0 Å². The summed E-state index contributed by atoms with van der Waals surface area (Å²) >= 11 is 12.2. The first-order valence-electron chi connectivity index (χ1n) is 12.5. The van der Waals surface area contributed by atoms with Crippen molar-refractivity contribution in [2.24, 2.45) is 0 Å². The van der Waals surface area contributed by atoms with E-state index in [-0.39, 0.29) is 36.5 Å². The number of pyridine rings is 1. The Bertz CT molecular complexity index is 1140. The molecule has 1 aromatic heterocycles. The van der Waals surface area contributed by atoms with Gasteiger partial charge in [-0.15, -0.1) is 0 Å². The minimum atomic E-state index is -1.11. The maximum Gasteiger partial charge on any atom is 0.263 e. The molecule has 37 heavy (non-hydrogen) atoms. The zero-order valence-electron chi connectivity index (χ0n) is 21.6. The fourth-order valence-corrected chi connectivity index (χ4v) is 5.45. The maximum absolute atomic E-state index is 13.1. The highest BCUT2D eigenvalue weighted by atomic mass is 35.5. The molecule has 2 amide bonds. The molecule has 8 nitrogen and oxygen atoms in total. The Hall–Kier alpha value is -2.55.